The van der Waals surface area contributed by atoms with E-state index in [1.165, 1.54) is 0 Å². The Hall–Kier alpha value is -0.870. The Morgan fingerprint density at radius 3 is 2.92 bits per heavy atom. The lowest BCUT2D eigenvalue weighted by Gasteiger charge is -2.04. The summed E-state index contributed by atoms with van der Waals surface area (Å²) in [5.74, 6) is -0.855. The number of hydrogen-bond donors (Lipinski definition) is 2. The van der Waals surface area contributed by atoms with Gasteiger partial charge >= 0.3 is 5.97 Å². The van der Waals surface area contributed by atoms with Crippen molar-refractivity contribution in [3.63, 3.8) is 0 Å². The minimum Gasteiger partial charge on any atom is -0.481 e. The number of rotatable bonds is 3. The van der Waals surface area contributed by atoms with Crippen molar-refractivity contribution in [2.45, 2.75) is 19.4 Å². The molecule has 0 aliphatic heterocycles. The van der Waals surface area contributed by atoms with Gasteiger partial charge in [0.25, 0.3) is 0 Å². The molecule has 0 aliphatic rings. The number of aliphatic carboxylic acids is 1. The lowest BCUT2D eigenvalue weighted by Crippen LogP contribution is -2.14. The van der Waals surface area contributed by atoms with Crippen LogP contribution in [0.3, 0.4) is 0 Å². The van der Waals surface area contributed by atoms with E-state index in [1.807, 2.05) is 18.4 Å². The van der Waals surface area contributed by atoms with E-state index >= 15 is 0 Å². The van der Waals surface area contributed by atoms with E-state index in [2.05, 4.69) is 0 Å². The largest absolute Gasteiger partial charge is 0.481 e. The smallest absolute Gasteiger partial charge is 0.305 e. The molecule has 0 spiro atoms. The summed E-state index contributed by atoms with van der Waals surface area (Å²) in [6, 6.07) is 1.56. The van der Waals surface area contributed by atoms with Gasteiger partial charge in [0.15, 0.2) is 0 Å². The molecule has 0 bridgehead atoms. The van der Waals surface area contributed by atoms with Gasteiger partial charge in [-0.3, -0.25) is 4.79 Å². The normalized spacial score (nSPS) is 12.8. The van der Waals surface area contributed by atoms with Gasteiger partial charge < -0.3 is 10.8 Å². The number of carboxylic acids is 1. The molecule has 4 heteroatoms. The molecule has 0 radical (unpaired) electrons. The predicted molar refractivity (Wildman–Crippen MR) is 48.2 cm³/mol. The molecule has 0 aliphatic carbocycles. The van der Waals surface area contributed by atoms with E-state index < -0.39 is 5.97 Å². The first-order chi connectivity index (χ1) is 5.59. The van der Waals surface area contributed by atoms with Gasteiger partial charge in [0.05, 0.1) is 6.42 Å². The van der Waals surface area contributed by atoms with Crippen LogP contribution in [0.2, 0.25) is 0 Å². The molecular weight excluding hydrogens is 174 g/mol. The summed E-state index contributed by atoms with van der Waals surface area (Å²) in [6.45, 7) is 1.97. The van der Waals surface area contributed by atoms with Crippen LogP contribution in [0.15, 0.2) is 11.4 Å². The molecule has 0 unspecified atom stereocenters. The molecule has 12 heavy (non-hydrogen) atoms. The lowest BCUT2D eigenvalue weighted by molar-refractivity contribution is -0.137. The number of nitrogens with two attached hydrogens (primary N) is 1. The van der Waals surface area contributed by atoms with E-state index in [0.717, 1.165) is 10.4 Å². The average molecular weight is 185 g/mol. The molecular formula is C8H11NO2S. The fourth-order valence-electron chi connectivity index (χ4n) is 0.964. The van der Waals surface area contributed by atoms with Crippen molar-refractivity contribution in [1.82, 2.24) is 0 Å². The Kier molecular flexibility index (Phi) is 2.83. The molecule has 3 nitrogen and oxygen atoms in total. The number of carbonyl (C=O) groups is 1. The number of thiophene rings is 1. The third-order valence-electron chi connectivity index (χ3n) is 1.57. The van der Waals surface area contributed by atoms with Crippen molar-refractivity contribution in [1.29, 1.82) is 0 Å². The second-order valence-electron chi connectivity index (χ2n) is 2.70. The minimum absolute atomic E-state index is 0.00380. The summed E-state index contributed by atoms with van der Waals surface area (Å²) < 4.78 is 0. The van der Waals surface area contributed by atoms with Crippen LogP contribution in [-0.4, -0.2) is 11.1 Å². The van der Waals surface area contributed by atoms with E-state index in [1.54, 1.807) is 11.3 Å². The molecule has 0 aromatic carbocycles. The van der Waals surface area contributed by atoms with Gasteiger partial charge in [-0.25, -0.2) is 0 Å². The Labute approximate surface area is 74.8 Å². The van der Waals surface area contributed by atoms with Gasteiger partial charge in [-0.15, -0.1) is 11.3 Å². The number of aryl methyl sites for hydroxylation is 1. The first-order valence-electron chi connectivity index (χ1n) is 3.62. The number of carboxylic acid groups (broad SMARTS) is 1. The molecule has 1 rings (SSSR count). The van der Waals surface area contributed by atoms with Crippen molar-refractivity contribution in [3.05, 3.63) is 21.9 Å². The van der Waals surface area contributed by atoms with Crippen LogP contribution >= 0.6 is 11.3 Å². The highest BCUT2D eigenvalue weighted by molar-refractivity contribution is 7.10. The van der Waals surface area contributed by atoms with E-state index in [0.29, 0.717) is 0 Å². The summed E-state index contributed by atoms with van der Waals surface area (Å²) in [4.78, 5) is 11.5. The zero-order chi connectivity index (χ0) is 9.14. The lowest BCUT2D eigenvalue weighted by atomic mass is 10.1. The molecule has 0 amide bonds. The third kappa shape index (κ3) is 2.32. The van der Waals surface area contributed by atoms with Crippen molar-refractivity contribution in [2.75, 3.05) is 0 Å². The third-order valence-corrected chi connectivity index (χ3v) is 2.45. The Balaban J connectivity index is 2.64. The first-order valence-corrected chi connectivity index (χ1v) is 4.50. The standard InChI is InChI=1S/C8H11NO2S/c1-5-2-6(4-12-5)7(9)3-8(10)11/h2,4,7H,3,9H2,1H3,(H,10,11)/t7-/m1/s1. The van der Waals surface area contributed by atoms with Crippen molar-refractivity contribution >= 4 is 17.3 Å². The SMILES string of the molecule is Cc1cc([C@H](N)CC(=O)O)cs1. The Morgan fingerprint density at radius 1 is 1.83 bits per heavy atom. The highest BCUT2D eigenvalue weighted by Gasteiger charge is 2.11. The quantitative estimate of drug-likeness (QED) is 0.750. The zero-order valence-corrected chi connectivity index (χ0v) is 7.60. The van der Waals surface area contributed by atoms with Crippen LogP contribution in [-0.2, 0) is 4.79 Å². The summed E-state index contributed by atoms with van der Waals surface area (Å²) in [6.07, 6.45) is -0.00380. The monoisotopic (exact) mass is 185 g/mol. The van der Waals surface area contributed by atoms with E-state index in [9.17, 15) is 4.79 Å². The fraction of sp³-hybridized carbons (Fsp3) is 0.375. The second-order valence-corrected chi connectivity index (χ2v) is 3.81. The number of hydrogen-bond acceptors (Lipinski definition) is 3. The molecule has 0 saturated carbocycles. The van der Waals surface area contributed by atoms with Crippen molar-refractivity contribution in [3.8, 4) is 0 Å². The van der Waals surface area contributed by atoms with Crippen LogP contribution < -0.4 is 5.73 Å². The first kappa shape index (κ1) is 9.22. The van der Waals surface area contributed by atoms with Crippen LogP contribution in [0.4, 0.5) is 0 Å². The zero-order valence-electron chi connectivity index (χ0n) is 6.78. The molecule has 1 heterocycles. The van der Waals surface area contributed by atoms with E-state index in [-0.39, 0.29) is 12.5 Å². The Bertz CT molecular complexity index is 282. The van der Waals surface area contributed by atoms with Gasteiger partial charge in [-0.05, 0) is 23.9 Å². The molecule has 0 fully saturated rings. The van der Waals surface area contributed by atoms with Crippen molar-refractivity contribution < 1.29 is 9.90 Å². The molecule has 3 N–H and O–H groups in total. The maximum atomic E-state index is 10.3. The summed E-state index contributed by atoms with van der Waals surface area (Å²) in [5, 5.41) is 10.4. The molecule has 0 saturated heterocycles. The average Bonchev–Trinajstić information content (AvgIpc) is 2.34. The molecule has 1 aromatic rings. The predicted octanol–water partition coefficient (Wildman–Crippen LogP) is 1.53. The van der Waals surface area contributed by atoms with Gasteiger partial charge in [0, 0.05) is 10.9 Å². The second kappa shape index (κ2) is 3.69. The highest BCUT2D eigenvalue weighted by Crippen LogP contribution is 2.20. The molecule has 1 aromatic heterocycles. The van der Waals surface area contributed by atoms with Crippen LogP contribution in [0.5, 0.6) is 0 Å². The molecule has 66 valence electrons. The summed E-state index contributed by atoms with van der Waals surface area (Å²) in [7, 11) is 0. The van der Waals surface area contributed by atoms with Gasteiger partial charge in [0.1, 0.15) is 0 Å². The maximum Gasteiger partial charge on any atom is 0.305 e. The van der Waals surface area contributed by atoms with Crippen LogP contribution in [0.25, 0.3) is 0 Å². The van der Waals surface area contributed by atoms with Crippen LogP contribution in [0, 0.1) is 6.92 Å². The Morgan fingerprint density at radius 2 is 2.50 bits per heavy atom. The molecule has 1 atom stereocenters. The van der Waals surface area contributed by atoms with E-state index in [4.69, 9.17) is 10.8 Å². The van der Waals surface area contributed by atoms with Gasteiger partial charge in [0.2, 0.25) is 0 Å². The topological polar surface area (TPSA) is 63.3 Å². The summed E-state index contributed by atoms with van der Waals surface area (Å²) in [5.41, 5.74) is 6.55. The van der Waals surface area contributed by atoms with Crippen LogP contribution in [0.1, 0.15) is 22.9 Å². The maximum absolute atomic E-state index is 10.3. The summed E-state index contributed by atoms with van der Waals surface area (Å²) >= 11 is 1.59. The highest BCUT2D eigenvalue weighted by atomic mass is 32.1. The fourth-order valence-corrected chi connectivity index (χ4v) is 1.73. The van der Waals surface area contributed by atoms with Gasteiger partial charge in [-0.2, -0.15) is 0 Å². The van der Waals surface area contributed by atoms with Gasteiger partial charge in [-0.1, -0.05) is 0 Å². The van der Waals surface area contributed by atoms with Crippen molar-refractivity contribution in [2.24, 2.45) is 5.73 Å². The minimum atomic E-state index is -0.855.